The first kappa shape index (κ1) is 55.6. The number of rotatable bonds is 37. The van der Waals surface area contributed by atoms with Gasteiger partial charge < -0.3 is 24.0 Å². The van der Waals surface area contributed by atoms with Crippen LogP contribution in [0.4, 0.5) is 0 Å². The molecule has 0 aliphatic rings. The van der Waals surface area contributed by atoms with Crippen LogP contribution in [0.2, 0.25) is 0 Å². The Hall–Kier alpha value is -3.37. The average Bonchev–Trinajstić information content (AvgIpc) is 3.18. The van der Waals surface area contributed by atoms with Gasteiger partial charge in [0, 0.05) is 12.8 Å². The Bertz CT molecular complexity index is 1380. The van der Waals surface area contributed by atoms with E-state index in [-0.39, 0.29) is 26.1 Å². The lowest BCUT2D eigenvalue weighted by Crippen LogP contribution is -2.37. The van der Waals surface area contributed by atoms with Crippen LogP contribution in [0.1, 0.15) is 123 Å². The number of phosphoric ester groups is 1. The summed E-state index contributed by atoms with van der Waals surface area (Å²) in [6.45, 7) is 3.94. The molecule has 0 bridgehead atoms. The van der Waals surface area contributed by atoms with Gasteiger partial charge in [-0.05, 0) is 70.6 Å². The minimum absolute atomic E-state index is 0.00463. The van der Waals surface area contributed by atoms with Crippen LogP contribution in [-0.4, -0.2) is 86.1 Å². The van der Waals surface area contributed by atoms with Crippen LogP contribution in [0.5, 0.6) is 0 Å². The van der Waals surface area contributed by atoms with E-state index in [1.54, 1.807) is 6.08 Å². The molecule has 11 heteroatoms. The highest BCUT2D eigenvalue weighted by molar-refractivity contribution is 7.47. The van der Waals surface area contributed by atoms with Gasteiger partial charge in [-0.25, -0.2) is 4.57 Å². The molecule has 0 saturated carbocycles. The molecule has 0 heterocycles. The number of likely N-dealkylation sites (N-methyl/N-ethyl adjacent to an activating group) is 1. The summed E-state index contributed by atoms with van der Waals surface area (Å²) in [6, 6.07) is 0. The lowest BCUT2D eigenvalue weighted by molar-refractivity contribution is -0.870. The number of aliphatic hydroxyl groups excluding tert-OH is 1. The average molecular weight is 845 g/mol. The number of carbonyl (C=O) groups excluding carboxylic acids is 2. The topological polar surface area (TPSA) is 129 Å². The van der Waals surface area contributed by atoms with E-state index in [0.29, 0.717) is 30.3 Å². The quantitative estimate of drug-likeness (QED) is 0.0157. The summed E-state index contributed by atoms with van der Waals surface area (Å²) in [4.78, 5) is 35.3. The second kappa shape index (κ2) is 38.8. The van der Waals surface area contributed by atoms with E-state index in [1.165, 1.54) is 0 Å². The van der Waals surface area contributed by atoms with Crippen LogP contribution in [0.15, 0.2) is 109 Å². The zero-order valence-electron chi connectivity index (χ0n) is 37.0. The van der Waals surface area contributed by atoms with Crippen molar-refractivity contribution in [1.29, 1.82) is 0 Å². The summed E-state index contributed by atoms with van der Waals surface area (Å²) in [5, 5.41) is 10.1. The van der Waals surface area contributed by atoms with Gasteiger partial charge in [0.15, 0.2) is 6.10 Å². The van der Waals surface area contributed by atoms with Crippen LogP contribution in [0, 0.1) is 0 Å². The fourth-order valence-corrected chi connectivity index (χ4v) is 5.79. The molecule has 0 aliphatic carbocycles. The molecule has 2 unspecified atom stereocenters. The van der Waals surface area contributed by atoms with Gasteiger partial charge in [0.05, 0.1) is 33.9 Å². The van der Waals surface area contributed by atoms with E-state index in [1.807, 2.05) is 45.4 Å². The van der Waals surface area contributed by atoms with E-state index in [2.05, 4.69) is 92.8 Å². The second-order valence-electron chi connectivity index (χ2n) is 15.2. The van der Waals surface area contributed by atoms with E-state index in [9.17, 15) is 24.2 Å². The van der Waals surface area contributed by atoms with Gasteiger partial charge >= 0.3 is 19.8 Å². The monoisotopic (exact) mass is 845 g/mol. The molecule has 0 aliphatic heterocycles. The van der Waals surface area contributed by atoms with Crippen LogP contribution >= 0.6 is 7.82 Å². The number of unbranched alkanes of at least 4 members (excludes halogenated alkanes) is 4. The smallest absolute Gasteiger partial charge is 0.462 e. The van der Waals surface area contributed by atoms with Gasteiger partial charge in [0.1, 0.15) is 19.8 Å². The third kappa shape index (κ3) is 42.6. The number of allylic oxidation sites excluding steroid dienone is 17. The number of aliphatic hydroxyl groups is 1. The van der Waals surface area contributed by atoms with Crippen molar-refractivity contribution in [2.75, 3.05) is 47.5 Å². The number of ether oxygens (including phenoxy) is 2. The Morgan fingerprint density at radius 1 is 0.610 bits per heavy atom. The van der Waals surface area contributed by atoms with E-state index < -0.39 is 38.6 Å². The fraction of sp³-hybridized carbons (Fsp3) is 0.583. The minimum Gasteiger partial charge on any atom is -0.462 e. The van der Waals surface area contributed by atoms with Crippen molar-refractivity contribution in [2.24, 2.45) is 0 Å². The van der Waals surface area contributed by atoms with Gasteiger partial charge in [-0.3, -0.25) is 18.6 Å². The maximum Gasteiger partial charge on any atom is 0.472 e. The summed E-state index contributed by atoms with van der Waals surface area (Å²) in [5.41, 5.74) is 0. The highest BCUT2D eigenvalue weighted by Gasteiger charge is 2.27. The molecular formula is C48H79NO9P+. The highest BCUT2D eigenvalue weighted by atomic mass is 31.2. The number of quaternary nitrogens is 1. The SMILES string of the molecule is CC/C=C\C/C=C\C/C=C\C/C=C\C/C=C\C/C=C\CCC(=O)O[C@H](COC(=O)CCCCCCCC(O)/C=C/C=C/C/C=C/CC)COP(=O)(O)OCC[N+](C)(C)C. The van der Waals surface area contributed by atoms with Crippen LogP contribution < -0.4 is 0 Å². The number of nitrogens with zero attached hydrogens (tertiary/aromatic N) is 1. The predicted octanol–water partition coefficient (Wildman–Crippen LogP) is 11.3. The third-order valence-corrected chi connectivity index (χ3v) is 9.40. The number of carbonyl (C=O) groups is 2. The van der Waals surface area contributed by atoms with Gasteiger partial charge in [0.25, 0.3) is 0 Å². The molecule has 0 spiro atoms. The lowest BCUT2D eigenvalue weighted by atomic mass is 10.1. The molecule has 0 rings (SSSR count). The number of phosphoric acid groups is 1. The highest BCUT2D eigenvalue weighted by Crippen LogP contribution is 2.43. The van der Waals surface area contributed by atoms with Gasteiger partial charge in [-0.1, -0.05) is 149 Å². The van der Waals surface area contributed by atoms with Crippen molar-refractivity contribution in [2.45, 2.75) is 135 Å². The Labute approximate surface area is 358 Å². The fourth-order valence-electron chi connectivity index (χ4n) is 5.04. The largest absolute Gasteiger partial charge is 0.472 e. The molecular weight excluding hydrogens is 766 g/mol. The van der Waals surface area contributed by atoms with Crippen molar-refractivity contribution in [3.05, 3.63) is 109 Å². The van der Waals surface area contributed by atoms with Crippen LogP contribution in [-0.2, 0) is 32.7 Å². The molecule has 334 valence electrons. The Morgan fingerprint density at radius 2 is 1.12 bits per heavy atom. The molecule has 0 amide bonds. The van der Waals surface area contributed by atoms with Crippen molar-refractivity contribution in [3.8, 4) is 0 Å². The summed E-state index contributed by atoms with van der Waals surface area (Å²) in [5.74, 6) is -0.987. The Kier molecular flexibility index (Phi) is 36.6. The molecule has 59 heavy (non-hydrogen) atoms. The number of hydrogen-bond donors (Lipinski definition) is 2. The second-order valence-corrected chi connectivity index (χ2v) is 16.6. The molecule has 0 aromatic rings. The Balaban J connectivity index is 4.61. The van der Waals surface area contributed by atoms with Crippen molar-refractivity contribution in [3.63, 3.8) is 0 Å². The van der Waals surface area contributed by atoms with Crippen molar-refractivity contribution in [1.82, 2.24) is 0 Å². The number of hydrogen-bond acceptors (Lipinski definition) is 8. The molecule has 0 aromatic carbocycles. The first-order chi connectivity index (χ1) is 28.4. The first-order valence-corrected chi connectivity index (χ1v) is 23.2. The van der Waals surface area contributed by atoms with E-state index in [0.717, 1.165) is 77.0 Å². The normalized spacial score (nSPS) is 15.2. The summed E-state index contributed by atoms with van der Waals surface area (Å²) >= 11 is 0. The molecule has 2 N–H and O–H groups in total. The number of esters is 2. The standard InChI is InChI=1S/C48H78NO9P/c1-6-8-10-12-14-15-16-17-18-19-20-21-22-23-24-25-27-31-36-40-48(52)58-46(44-57-59(53,54)56-42-41-49(3,4)5)43-55-47(51)39-35-32-28-30-34-38-45(50)37-33-29-26-13-11-9-7-2/h8-11,14-15,17-18,20-21,23-24,26-27,29,31,33,37,45-46,50H,6-7,12-13,16,19,22,25,28,30,32,34-36,38-44H2,1-5H3/p+1/b10-8-,11-9+,15-14-,18-17-,21-20-,24-23-,29-26+,31-27-,37-33+/t45?,46-/m1/s1. The molecule has 0 saturated heterocycles. The van der Waals surface area contributed by atoms with Crippen LogP contribution in [0.25, 0.3) is 0 Å². The van der Waals surface area contributed by atoms with Crippen molar-refractivity contribution < 1.29 is 47.2 Å². The van der Waals surface area contributed by atoms with Gasteiger partial charge in [0.2, 0.25) is 0 Å². The zero-order valence-corrected chi connectivity index (χ0v) is 37.9. The van der Waals surface area contributed by atoms with E-state index >= 15 is 0 Å². The Morgan fingerprint density at radius 3 is 1.68 bits per heavy atom. The molecule has 0 fully saturated rings. The lowest BCUT2D eigenvalue weighted by Gasteiger charge is -2.24. The summed E-state index contributed by atoms with van der Waals surface area (Å²) in [7, 11) is 1.35. The zero-order chi connectivity index (χ0) is 43.7. The van der Waals surface area contributed by atoms with E-state index in [4.69, 9.17) is 18.5 Å². The minimum atomic E-state index is -4.43. The third-order valence-electron chi connectivity index (χ3n) is 8.42. The van der Waals surface area contributed by atoms with Crippen molar-refractivity contribution >= 4 is 19.8 Å². The predicted molar refractivity (Wildman–Crippen MR) is 244 cm³/mol. The molecule has 10 nitrogen and oxygen atoms in total. The first-order valence-electron chi connectivity index (χ1n) is 21.7. The molecule has 3 atom stereocenters. The summed E-state index contributed by atoms with van der Waals surface area (Å²) in [6.07, 6.45) is 48.9. The maximum absolute atomic E-state index is 12.7. The maximum atomic E-state index is 12.7. The van der Waals surface area contributed by atoms with Crippen LogP contribution in [0.3, 0.4) is 0 Å². The summed E-state index contributed by atoms with van der Waals surface area (Å²) < 4.78 is 34.1. The van der Waals surface area contributed by atoms with Gasteiger partial charge in [-0.15, -0.1) is 0 Å². The van der Waals surface area contributed by atoms with Gasteiger partial charge in [-0.2, -0.15) is 0 Å². The molecule has 0 radical (unpaired) electrons. The molecule has 0 aromatic heterocycles.